The standard InChI is InChI=1S/C16H25/c1-6-15-8-7-14(9-12(2)3)11-16(15)10-13(4)5/h6-8,11-13H,9-10H2,1-5H3. The second kappa shape index (κ2) is 6.08. The van der Waals surface area contributed by atoms with Crippen LogP contribution < -0.4 is 0 Å². The van der Waals surface area contributed by atoms with E-state index in [0.717, 1.165) is 11.8 Å². The molecule has 0 saturated carbocycles. The van der Waals surface area contributed by atoms with Gasteiger partial charge in [0.1, 0.15) is 0 Å². The Morgan fingerprint density at radius 2 is 1.62 bits per heavy atom. The molecule has 0 spiro atoms. The van der Waals surface area contributed by atoms with E-state index < -0.39 is 0 Å². The third-order valence-corrected chi connectivity index (χ3v) is 2.79. The molecule has 0 aliphatic rings. The fourth-order valence-electron chi connectivity index (χ4n) is 2.16. The Balaban J connectivity index is 2.91. The van der Waals surface area contributed by atoms with Crippen molar-refractivity contribution in [2.45, 2.75) is 47.5 Å². The van der Waals surface area contributed by atoms with Gasteiger partial charge in [0.25, 0.3) is 0 Å². The SMILES string of the molecule is C[CH]c1ccc(CC(C)C)cc1CC(C)C. The molecule has 0 N–H and O–H groups in total. The van der Waals surface area contributed by atoms with Crippen LogP contribution >= 0.6 is 0 Å². The van der Waals surface area contributed by atoms with Crippen molar-refractivity contribution in [2.75, 3.05) is 0 Å². The Kier molecular flexibility index (Phi) is 5.05. The van der Waals surface area contributed by atoms with Gasteiger partial charge in [-0.1, -0.05) is 52.8 Å². The maximum atomic E-state index is 2.40. The molecule has 0 heterocycles. The van der Waals surface area contributed by atoms with E-state index in [0.29, 0.717) is 0 Å². The Morgan fingerprint density at radius 3 is 2.12 bits per heavy atom. The average molecular weight is 217 g/mol. The summed E-state index contributed by atoms with van der Waals surface area (Å²) in [6.07, 6.45) is 4.59. The largest absolute Gasteiger partial charge is 0.0625 e. The quantitative estimate of drug-likeness (QED) is 0.673. The van der Waals surface area contributed by atoms with E-state index in [4.69, 9.17) is 0 Å². The summed E-state index contributed by atoms with van der Waals surface area (Å²) in [5, 5.41) is 0. The minimum absolute atomic E-state index is 0.730. The fraction of sp³-hybridized carbons (Fsp3) is 0.562. The molecule has 0 unspecified atom stereocenters. The molecule has 0 amide bonds. The van der Waals surface area contributed by atoms with Crippen molar-refractivity contribution in [3.63, 3.8) is 0 Å². The van der Waals surface area contributed by atoms with Crippen LogP contribution in [0.1, 0.15) is 51.3 Å². The minimum Gasteiger partial charge on any atom is -0.0625 e. The van der Waals surface area contributed by atoms with Crippen LogP contribution in [0.15, 0.2) is 18.2 Å². The molecular formula is C16H25. The summed E-state index contributed by atoms with van der Waals surface area (Å²) < 4.78 is 0. The zero-order chi connectivity index (χ0) is 12.1. The van der Waals surface area contributed by atoms with Crippen molar-refractivity contribution in [2.24, 2.45) is 11.8 Å². The van der Waals surface area contributed by atoms with Gasteiger partial charge in [0.2, 0.25) is 0 Å². The molecule has 0 heteroatoms. The summed E-state index contributed by atoms with van der Waals surface area (Å²) in [5.41, 5.74) is 4.40. The molecule has 1 aromatic rings. The van der Waals surface area contributed by atoms with E-state index >= 15 is 0 Å². The van der Waals surface area contributed by atoms with E-state index in [1.54, 1.807) is 0 Å². The van der Waals surface area contributed by atoms with Crippen LogP contribution in [0.5, 0.6) is 0 Å². The van der Waals surface area contributed by atoms with Crippen molar-refractivity contribution in [3.05, 3.63) is 41.3 Å². The maximum Gasteiger partial charge on any atom is -0.0121 e. The predicted octanol–water partition coefficient (Wildman–Crippen LogP) is 4.66. The fourth-order valence-corrected chi connectivity index (χ4v) is 2.16. The van der Waals surface area contributed by atoms with Gasteiger partial charge in [-0.05, 0) is 47.8 Å². The van der Waals surface area contributed by atoms with Crippen LogP contribution in [0.4, 0.5) is 0 Å². The molecular weight excluding hydrogens is 192 g/mol. The molecule has 16 heavy (non-hydrogen) atoms. The number of benzene rings is 1. The van der Waals surface area contributed by atoms with Crippen molar-refractivity contribution in [1.82, 2.24) is 0 Å². The lowest BCUT2D eigenvalue weighted by molar-refractivity contribution is 0.634. The first kappa shape index (κ1) is 13.3. The monoisotopic (exact) mass is 217 g/mol. The van der Waals surface area contributed by atoms with E-state index in [1.165, 1.54) is 29.5 Å². The van der Waals surface area contributed by atoms with Gasteiger partial charge in [0.05, 0.1) is 0 Å². The Labute approximate surface area is 101 Å². The zero-order valence-corrected chi connectivity index (χ0v) is 11.4. The Hall–Kier alpha value is -0.780. The van der Waals surface area contributed by atoms with Crippen molar-refractivity contribution in [1.29, 1.82) is 0 Å². The zero-order valence-electron chi connectivity index (χ0n) is 11.4. The van der Waals surface area contributed by atoms with Crippen LogP contribution in [0, 0.1) is 18.3 Å². The Morgan fingerprint density at radius 1 is 1.00 bits per heavy atom. The Bertz CT molecular complexity index is 321. The second-order valence-electron chi connectivity index (χ2n) is 5.52. The molecule has 0 fully saturated rings. The number of rotatable bonds is 5. The van der Waals surface area contributed by atoms with Crippen molar-refractivity contribution in [3.8, 4) is 0 Å². The highest BCUT2D eigenvalue weighted by molar-refractivity contribution is 5.36. The normalized spacial score (nSPS) is 11.4. The topological polar surface area (TPSA) is 0 Å². The van der Waals surface area contributed by atoms with Gasteiger partial charge in [0, 0.05) is 0 Å². The van der Waals surface area contributed by atoms with Gasteiger partial charge in [-0.3, -0.25) is 0 Å². The van der Waals surface area contributed by atoms with Crippen LogP contribution in [0.2, 0.25) is 0 Å². The van der Waals surface area contributed by atoms with Gasteiger partial charge in [0.15, 0.2) is 0 Å². The average Bonchev–Trinajstić information content (AvgIpc) is 2.16. The summed E-state index contributed by atoms with van der Waals surface area (Å²) >= 11 is 0. The van der Waals surface area contributed by atoms with Gasteiger partial charge < -0.3 is 0 Å². The number of hydrogen-bond acceptors (Lipinski definition) is 0. The highest BCUT2D eigenvalue weighted by Crippen LogP contribution is 2.19. The molecule has 1 aromatic carbocycles. The molecule has 1 rings (SSSR count). The van der Waals surface area contributed by atoms with Gasteiger partial charge in [-0.25, -0.2) is 0 Å². The maximum absolute atomic E-state index is 2.40. The van der Waals surface area contributed by atoms with Crippen LogP contribution in [0.25, 0.3) is 0 Å². The minimum atomic E-state index is 0.730. The summed E-state index contributed by atoms with van der Waals surface area (Å²) in [5.74, 6) is 1.47. The van der Waals surface area contributed by atoms with Crippen LogP contribution in [-0.2, 0) is 12.8 Å². The smallest absolute Gasteiger partial charge is 0.0121 e. The molecule has 0 aliphatic carbocycles. The van der Waals surface area contributed by atoms with Crippen molar-refractivity contribution >= 4 is 0 Å². The van der Waals surface area contributed by atoms with Crippen molar-refractivity contribution < 1.29 is 0 Å². The van der Waals surface area contributed by atoms with Crippen LogP contribution in [0.3, 0.4) is 0 Å². The number of hydrogen-bond donors (Lipinski definition) is 0. The lowest BCUT2D eigenvalue weighted by Crippen LogP contribution is -2.01. The van der Waals surface area contributed by atoms with E-state index in [1.807, 2.05) is 0 Å². The van der Waals surface area contributed by atoms with Gasteiger partial charge in [-0.2, -0.15) is 0 Å². The lowest BCUT2D eigenvalue weighted by Gasteiger charge is -2.13. The molecule has 0 bridgehead atoms. The molecule has 1 radical (unpaired) electrons. The lowest BCUT2D eigenvalue weighted by atomic mass is 9.92. The third-order valence-electron chi connectivity index (χ3n) is 2.79. The van der Waals surface area contributed by atoms with Crippen LogP contribution in [-0.4, -0.2) is 0 Å². The summed E-state index contributed by atoms with van der Waals surface area (Å²) in [7, 11) is 0. The summed E-state index contributed by atoms with van der Waals surface area (Å²) in [6.45, 7) is 11.3. The van der Waals surface area contributed by atoms with Gasteiger partial charge >= 0.3 is 0 Å². The second-order valence-corrected chi connectivity index (χ2v) is 5.52. The van der Waals surface area contributed by atoms with E-state index in [2.05, 4.69) is 59.2 Å². The molecule has 0 nitrogen and oxygen atoms in total. The third kappa shape index (κ3) is 4.00. The molecule has 0 saturated heterocycles. The first-order valence-electron chi connectivity index (χ1n) is 6.44. The summed E-state index contributed by atoms with van der Waals surface area (Å²) in [4.78, 5) is 0. The predicted molar refractivity (Wildman–Crippen MR) is 72.6 cm³/mol. The highest BCUT2D eigenvalue weighted by atomic mass is 14.1. The molecule has 0 aromatic heterocycles. The molecule has 0 aliphatic heterocycles. The first-order valence-corrected chi connectivity index (χ1v) is 6.44. The van der Waals surface area contributed by atoms with E-state index in [9.17, 15) is 0 Å². The molecule has 89 valence electrons. The highest BCUT2D eigenvalue weighted by Gasteiger charge is 2.06. The van der Waals surface area contributed by atoms with Gasteiger partial charge in [-0.15, -0.1) is 0 Å². The molecule has 0 atom stereocenters. The summed E-state index contributed by atoms with van der Waals surface area (Å²) in [6, 6.07) is 6.95. The van der Waals surface area contributed by atoms with E-state index in [-0.39, 0.29) is 0 Å². The first-order chi connectivity index (χ1) is 7.52.